The molecule has 0 aromatic carbocycles. The van der Waals surface area contributed by atoms with Crippen LogP contribution in [0.4, 0.5) is 0 Å². The van der Waals surface area contributed by atoms with E-state index in [9.17, 15) is 0 Å². The maximum atomic E-state index is 9.16. The number of ether oxygens (including phenoxy) is 1. The van der Waals surface area contributed by atoms with Crippen LogP contribution in [-0.2, 0) is 4.74 Å². The molecule has 0 fully saturated rings. The second-order valence-electron chi connectivity index (χ2n) is 1.71. The van der Waals surface area contributed by atoms with Crippen LogP contribution in [0.3, 0.4) is 0 Å². The monoisotopic (exact) mass is 107 g/mol. The van der Waals surface area contributed by atoms with Crippen LogP contribution in [0.25, 0.3) is 0 Å². The molecule has 0 aromatic rings. The average Bonchev–Trinajstić information content (AvgIpc) is 1.61. The third kappa shape index (κ3) is 5.92. The van der Waals surface area contributed by atoms with Crippen molar-refractivity contribution >= 4 is 0 Å². The molecule has 0 rings (SSSR count). The van der Waals surface area contributed by atoms with Gasteiger partial charge in [0.2, 0.25) is 0 Å². The van der Waals surface area contributed by atoms with Crippen LogP contribution >= 0.6 is 0 Å². The summed E-state index contributed by atoms with van der Waals surface area (Å²) in [4.78, 5) is 0. The molecular weight excluding hydrogens is 92.1 g/mol. The van der Waals surface area contributed by atoms with Crippen molar-refractivity contribution < 1.29 is 14.0 Å². The van der Waals surface area contributed by atoms with Crippen molar-refractivity contribution in [3.8, 4) is 0 Å². The predicted molar refractivity (Wildman–Crippen MR) is 28.2 cm³/mol. The van der Waals surface area contributed by atoms with E-state index in [1.807, 2.05) is 0 Å². The Labute approximate surface area is 48.3 Å². The van der Waals surface area contributed by atoms with Crippen LogP contribution in [0.2, 0.25) is 0 Å². The molecule has 7 heavy (non-hydrogen) atoms. The van der Waals surface area contributed by atoms with Gasteiger partial charge in [0.05, 0.1) is 12.2 Å². The van der Waals surface area contributed by atoms with E-state index >= 15 is 0 Å². The quantitative estimate of drug-likeness (QED) is 0.553. The maximum absolute atomic E-state index is 9.16. The topological polar surface area (TPSA) is 29.5 Å². The number of methoxy groups -OCH3 is 1. The highest BCUT2D eigenvalue weighted by Gasteiger charge is 2.09. The SMILES string of the molecule is [2H]C([2H])([2H])C(C)(O)COC. The van der Waals surface area contributed by atoms with Crippen molar-refractivity contribution in [2.24, 2.45) is 0 Å². The third-order valence-electron chi connectivity index (χ3n) is 0.425. The second-order valence-corrected chi connectivity index (χ2v) is 1.71. The Kier molecular flexibility index (Phi) is 0.995. The summed E-state index contributed by atoms with van der Waals surface area (Å²) in [7, 11) is 1.35. The van der Waals surface area contributed by atoms with Crippen LogP contribution in [0.1, 0.15) is 17.9 Å². The molecule has 44 valence electrons. The average molecular weight is 107 g/mol. The molecule has 0 aromatic heterocycles. The van der Waals surface area contributed by atoms with Crippen molar-refractivity contribution in [2.45, 2.75) is 19.4 Å². The zero-order chi connectivity index (χ0) is 8.41. The lowest BCUT2D eigenvalue weighted by atomic mass is 10.2. The molecule has 0 saturated carbocycles. The Morgan fingerprint density at radius 1 is 2.00 bits per heavy atom. The van der Waals surface area contributed by atoms with E-state index in [0.717, 1.165) is 0 Å². The molecule has 0 heterocycles. The van der Waals surface area contributed by atoms with Gasteiger partial charge in [-0.25, -0.2) is 0 Å². The van der Waals surface area contributed by atoms with Gasteiger partial charge in [-0.1, -0.05) is 0 Å². The molecular formula is C5H12O2. The highest BCUT2D eigenvalue weighted by atomic mass is 16.5. The molecule has 0 aliphatic rings. The van der Waals surface area contributed by atoms with Gasteiger partial charge >= 0.3 is 0 Å². The Hall–Kier alpha value is -0.0800. The number of hydrogen-bond acceptors (Lipinski definition) is 2. The summed E-state index contributed by atoms with van der Waals surface area (Å²) in [6, 6.07) is 0. The Morgan fingerprint density at radius 3 is 2.71 bits per heavy atom. The van der Waals surface area contributed by atoms with Gasteiger partial charge in [0.15, 0.2) is 0 Å². The minimum absolute atomic E-state index is 0.177. The van der Waals surface area contributed by atoms with Gasteiger partial charge < -0.3 is 9.84 Å². The smallest absolute Gasteiger partial charge is 0.0824 e. The zero-order valence-corrected chi connectivity index (χ0v) is 4.56. The standard InChI is InChI=1S/C5H12O2/c1-5(2,6)4-7-3/h6H,4H2,1-3H3/i1D3. The number of aliphatic hydroxyl groups is 1. The summed E-state index contributed by atoms with van der Waals surface area (Å²) in [5.74, 6) is 0. The molecule has 0 bridgehead atoms. The Morgan fingerprint density at radius 2 is 2.57 bits per heavy atom. The largest absolute Gasteiger partial charge is 0.388 e. The lowest BCUT2D eigenvalue weighted by Gasteiger charge is -2.13. The molecule has 0 spiro atoms. The summed E-state index contributed by atoms with van der Waals surface area (Å²) in [5.41, 5.74) is -1.73. The first-order valence-corrected chi connectivity index (χ1v) is 2.02. The molecule has 2 nitrogen and oxygen atoms in total. The first-order chi connectivity index (χ1) is 4.31. The predicted octanol–water partition coefficient (Wildman–Crippen LogP) is 0.404. The van der Waals surface area contributed by atoms with Gasteiger partial charge in [-0.3, -0.25) is 0 Å². The molecule has 1 atom stereocenters. The van der Waals surface area contributed by atoms with Crippen LogP contribution in [0, 0.1) is 0 Å². The van der Waals surface area contributed by atoms with Gasteiger partial charge in [-0.05, 0) is 13.8 Å². The molecule has 1 N–H and O–H groups in total. The van der Waals surface area contributed by atoms with Gasteiger partial charge in [0.25, 0.3) is 0 Å². The highest BCUT2D eigenvalue weighted by Crippen LogP contribution is 1.98. The van der Waals surface area contributed by atoms with Crippen LogP contribution in [0.15, 0.2) is 0 Å². The number of rotatable bonds is 2. The van der Waals surface area contributed by atoms with Gasteiger partial charge in [-0.2, -0.15) is 0 Å². The van der Waals surface area contributed by atoms with Crippen LogP contribution in [0.5, 0.6) is 0 Å². The van der Waals surface area contributed by atoms with E-state index in [1.165, 1.54) is 14.0 Å². The van der Waals surface area contributed by atoms with Crippen LogP contribution < -0.4 is 0 Å². The maximum Gasteiger partial charge on any atom is 0.0824 e. The number of hydrogen-bond donors (Lipinski definition) is 1. The zero-order valence-electron chi connectivity index (χ0n) is 7.56. The fraction of sp³-hybridized carbons (Fsp3) is 1.00. The van der Waals surface area contributed by atoms with Crippen LogP contribution in [-0.4, -0.2) is 24.4 Å². The van der Waals surface area contributed by atoms with Crippen molar-refractivity contribution in [2.75, 3.05) is 13.7 Å². The van der Waals surface area contributed by atoms with Crippen molar-refractivity contribution in [3.63, 3.8) is 0 Å². The van der Waals surface area contributed by atoms with E-state index in [-0.39, 0.29) is 6.61 Å². The Balaban J connectivity index is 4.10. The first-order valence-electron chi connectivity index (χ1n) is 3.52. The summed E-state index contributed by atoms with van der Waals surface area (Å²) in [6.45, 7) is -1.32. The van der Waals surface area contributed by atoms with Crippen molar-refractivity contribution in [1.29, 1.82) is 0 Å². The summed E-state index contributed by atoms with van der Waals surface area (Å²) < 4.78 is 25.0. The first kappa shape index (κ1) is 3.05. The lowest BCUT2D eigenvalue weighted by molar-refractivity contribution is -0.00196. The fourth-order valence-electron chi connectivity index (χ4n) is 0.281. The van der Waals surface area contributed by atoms with E-state index in [1.54, 1.807) is 0 Å². The Bertz CT molecular complexity index is 108. The molecule has 0 saturated heterocycles. The molecule has 0 aliphatic heterocycles. The van der Waals surface area contributed by atoms with E-state index < -0.39 is 12.5 Å². The van der Waals surface area contributed by atoms with Gasteiger partial charge in [-0.15, -0.1) is 0 Å². The van der Waals surface area contributed by atoms with Gasteiger partial charge in [0, 0.05) is 11.2 Å². The molecule has 0 radical (unpaired) electrons. The van der Waals surface area contributed by atoms with Gasteiger partial charge in [0.1, 0.15) is 0 Å². The normalized spacial score (nSPS) is 27.0. The summed E-state index contributed by atoms with van der Waals surface area (Å²) in [6.07, 6.45) is 0. The van der Waals surface area contributed by atoms with E-state index in [2.05, 4.69) is 4.74 Å². The third-order valence-corrected chi connectivity index (χ3v) is 0.425. The molecule has 0 aliphatic carbocycles. The van der Waals surface area contributed by atoms with Crippen molar-refractivity contribution in [1.82, 2.24) is 0 Å². The van der Waals surface area contributed by atoms with E-state index in [0.29, 0.717) is 0 Å². The minimum Gasteiger partial charge on any atom is -0.388 e. The summed E-state index contributed by atoms with van der Waals surface area (Å²) >= 11 is 0. The summed E-state index contributed by atoms with van der Waals surface area (Å²) in [5, 5.41) is 9.16. The second kappa shape index (κ2) is 2.28. The molecule has 1 unspecified atom stereocenters. The highest BCUT2D eigenvalue weighted by molar-refractivity contribution is 4.61. The van der Waals surface area contributed by atoms with Crippen molar-refractivity contribution in [3.05, 3.63) is 0 Å². The molecule has 0 amide bonds. The molecule has 2 heteroatoms. The lowest BCUT2D eigenvalue weighted by Crippen LogP contribution is -2.24. The minimum atomic E-state index is -2.37. The van der Waals surface area contributed by atoms with E-state index in [4.69, 9.17) is 9.22 Å². The fourth-order valence-corrected chi connectivity index (χ4v) is 0.281.